The molecule has 0 bridgehead atoms. The summed E-state index contributed by atoms with van der Waals surface area (Å²) in [7, 11) is 0. The molecule has 1 rings (SSSR count). The van der Waals surface area contributed by atoms with Crippen LogP contribution in [0.1, 0.15) is 32.6 Å². The van der Waals surface area contributed by atoms with Crippen molar-refractivity contribution in [1.82, 2.24) is 5.06 Å². The van der Waals surface area contributed by atoms with Crippen molar-refractivity contribution in [3.8, 4) is 0 Å². The van der Waals surface area contributed by atoms with Crippen LogP contribution in [0, 0.1) is 0 Å². The fraction of sp³-hybridized carbons (Fsp3) is 0.625. The van der Waals surface area contributed by atoms with Crippen LogP contribution in [0.15, 0.2) is 12.2 Å². The van der Waals surface area contributed by atoms with Gasteiger partial charge in [-0.15, -0.1) is 5.06 Å². The second-order valence-corrected chi connectivity index (χ2v) is 5.21. The summed E-state index contributed by atoms with van der Waals surface area (Å²) in [6.07, 6.45) is 0.174. The second kappa shape index (κ2) is 11.3. The van der Waals surface area contributed by atoms with E-state index in [2.05, 4.69) is 11.4 Å². The lowest BCUT2D eigenvalue weighted by atomic mass is 10.3. The van der Waals surface area contributed by atoms with Gasteiger partial charge in [-0.1, -0.05) is 6.58 Å². The van der Waals surface area contributed by atoms with Crippen molar-refractivity contribution in [3.05, 3.63) is 12.2 Å². The Morgan fingerprint density at radius 1 is 1.00 bits per heavy atom. The monoisotopic (exact) mass is 357 g/mol. The highest BCUT2D eigenvalue weighted by atomic mass is 16.7. The Hall–Kier alpha value is -2.26. The van der Waals surface area contributed by atoms with Gasteiger partial charge in [0, 0.05) is 12.8 Å². The largest absolute Gasteiger partial charge is 0.466 e. The minimum atomic E-state index is -0.722. The molecule has 0 N–H and O–H groups in total. The van der Waals surface area contributed by atoms with E-state index < -0.39 is 17.8 Å². The van der Waals surface area contributed by atoms with E-state index >= 15 is 0 Å². The normalized spacial score (nSPS) is 13.9. The van der Waals surface area contributed by atoms with E-state index in [1.165, 1.54) is 0 Å². The number of hydrogen-bond donors (Lipinski definition) is 0. The van der Waals surface area contributed by atoms with E-state index in [0.29, 0.717) is 17.2 Å². The van der Waals surface area contributed by atoms with E-state index in [9.17, 15) is 19.2 Å². The first-order valence-electron chi connectivity index (χ1n) is 7.98. The van der Waals surface area contributed by atoms with Gasteiger partial charge in [0.25, 0.3) is 11.8 Å². The summed E-state index contributed by atoms with van der Waals surface area (Å²) < 4.78 is 15.2. The van der Waals surface area contributed by atoms with Gasteiger partial charge >= 0.3 is 11.9 Å². The van der Waals surface area contributed by atoms with Gasteiger partial charge in [0.05, 0.1) is 45.9 Å². The lowest BCUT2D eigenvalue weighted by molar-refractivity contribution is -0.198. The molecule has 25 heavy (non-hydrogen) atoms. The van der Waals surface area contributed by atoms with Gasteiger partial charge in [0.15, 0.2) is 0 Å². The molecule has 1 aliphatic rings. The lowest BCUT2D eigenvalue weighted by Gasteiger charge is -2.12. The smallest absolute Gasteiger partial charge is 0.335 e. The number of hydrogen-bond acceptors (Lipinski definition) is 8. The zero-order valence-corrected chi connectivity index (χ0v) is 14.3. The van der Waals surface area contributed by atoms with Crippen molar-refractivity contribution >= 4 is 23.8 Å². The van der Waals surface area contributed by atoms with Gasteiger partial charge < -0.3 is 19.0 Å². The summed E-state index contributed by atoms with van der Waals surface area (Å²) in [6, 6.07) is 0. The van der Waals surface area contributed by atoms with Gasteiger partial charge in [0.2, 0.25) is 0 Å². The Labute approximate surface area is 145 Å². The molecule has 0 unspecified atom stereocenters. The minimum absolute atomic E-state index is 0.0525. The van der Waals surface area contributed by atoms with Crippen LogP contribution in [0.5, 0.6) is 0 Å². The Morgan fingerprint density at radius 2 is 1.52 bits per heavy atom. The van der Waals surface area contributed by atoms with Crippen LogP contribution in [0.4, 0.5) is 0 Å². The van der Waals surface area contributed by atoms with Gasteiger partial charge in [-0.25, -0.2) is 4.79 Å². The highest BCUT2D eigenvalue weighted by Gasteiger charge is 2.32. The summed E-state index contributed by atoms with van der Waals surface area (Å²) in [4.78, 5) is 49.9. The van der Waals surface area contributed by atoms with Crippen LogP contribution in [-0.4, -0.2) is 61.9 Å². The van der Waals surface area contributed by atoms with Crippen molar-refractivity contribution in [1.29, 1.82) is 0 Å². The molecule has 0 spiro atoms. The standard InChI is InChI=1S/C16H23NO8/c1-3-24-15(20)6-8-22-10-12(2)11-23-9-7-16(21)25-17-13(18)4-5-14(17)19/h2-11H2,1H3. The van der Waals surface area contributed by atoms with E-state index in [-0.39, 0.29) is 58.1 Å². The number of nitrogens with zero attached hydrogens (tertiary/aromatic N) is 1. The van der Waals surface area contributed by atoms with Gasteiger partial charge in [-0.2, -0.15) is 0 Å². The van der Waals surface area contributed by atoms with Crippen molar-refractivity contribution in [2.45, 2.75) is 32.6 Å². The molecule has 0 aromatic heterocycles. The molecule has 0 saturated carbocycles. The summed E-state index contributed by atoms with van der Waals surface area (Å²) >= 11 is 0. The molecule has 1 fully saturated rings. The maximum atomic E-state index is 11.5. The van der Waals surface area contributed by atoms with Crippen molar-refractivity contribution < 1.29 is 38.2 Å². The molecule has 0 aromatic rings. The van der Waals surface area contributed by atoms with E-state index in [1.807, 2.05) is 0 Å². The van der Waals surface area contributed by atoms with Crippen molar-refractivity contribution in [2.75, 3.05) is 33.0 Å². The predicted molar refractivity (Wildman–Crippen MR) is 83.8 cm³/mol. The number of carbonyl (C=O) groups is 4. The average molecular weight is 357 g/mol. The second-order valence-electron chi connectivity index (χ2n) is 5.21. The number of ether oxygens (including phenoxy) is 3. The number of amides is 2. The van der Waals surface area contributed by atoms with Crippen molar-refractivity contribution in [3.63, 3.8) is 0 Å². The Bertz CT molecular complexity index is 500. The molecule has 2 amide bonds. The number of carbonyl (C=O) groups excluding carboxylic acids is 4. The highest BCUT2D eigenvalue weighted by Crippen LogP contribution is 2.12. The predicted octanol–water partition coefficient (Wildman–Crippen LogP) is 0.526. The van der Waals surface area contributed by atoms with Crippen LogP contribution in [0.25, 0.3) is 0 Å². The fourth-order valence-corrected chi connectivity index (χ4v) is 1.82. The zero-order valence-electron chi connectivity index (χ0n) is 14.3. The maximum absolute atomic E-state index is 11.5. The van der Waals surface area contributed by atoms with Gasteiger partial charge in [-0.05, 0) is 12.5 Å². The molecule has 1 aliphatic heterocycles. The third-order valence-corrected chi connectivity index (χ3v) is 3.02. The quantitative estimate of drug-likeness (QED) is 0.215. The van der Waals surface area contributed by atoms with Crippen LogP contribution in [-0.2, 0) is 38.2 Å². The molecule has 0 atom stereocenters. The molecule has 0 radical (unpaired) electrons. The number of rotatable bonds is 12. The fourth-order valence-electron chi connectivity index (χ4n) is 1.82. The molecule has 9 nitrogen and oxygen atoms in total. The SMILES string of the molecule is C=C(COCCC(=O)OCC)COCCC(=O)ON1C(=O)CCC1=O. The molecule has 1 heterocycles. The zero-order chi connectivity index (χ0) is 18.7. The molecule has 0 aliphatic carbocycles. The third-order valence-electron chi connectivity index (χ3n) is 3.02. The molecular weight excluding hydrogens is 334 g/mol. The average Bonchev–Trinajstić information content (AvgIpc) is 2.88. The van der Waals surface area contributed by atoms with E-state index in [0.717, 1.165) is 0 Å². The summed E-state index contributed by atoms with van der Waals surface area (Å²) in [6.45, 7) is 6.49. The first-order valence-corrected chi connectivity index (χ1v) is 7.98. The Morgan fingerprint density at radius 3 is 2.04 bits per heavy atom. The molecule has 9 heteroatoms. The summed E-state index contributed by atoms with van der Waals surface area (Å²) in [5.74, 6) is -2.09. The molecule has 0 aromatic carbocycles. The van der Waals surface area contributed by atoms with Crippen LogP contribution in [0.3, 0.4) is 0 Å². The Kier molecular flexibility index (Phi) is 9.41. The van der Waals surface area contributed by atoms with E-state index in [1.54, 1.807) is 6.92 Å². The first-order chi connectivity index (χ1) is 11.9. The molecular formula is C16H23NO8. The number of esters is 1. The van der Waals surface area contributed by atoms with E-state index in [4.69, 9.17) is 14.2 Å². The molecule has 1 saturated heterocycles. The third kappa shape index (κ3) is 8.41. The topological polar surface area (TPSA) is 108 Å². The lowest BCUT2D eigenvalue weighted by Crippen LogP contribution is -2.32. The van der Waals surface area contributed by atoms with Gasteiger partial charge in [0.1, 0.15) is 0 Å². The summed E-state index contributed by atoms with van der Waals surface area (Å²) in [5, 5.41) is 0.499. The Balaban J connectivity index is 2.04. The minimum Gasteiger partial charge on any atom is -0.466 e. The number of imide groups is 1. The van der Waals surface area contributed by atoms with Crippen molar-refractivity contribution in [2.24, 2.45) is 0 Å². The summed E-state index contributed by atoms with van der Waals surface area (Å²) in [5.41, 5.74) is 0.641. The highest BCUT2D eigenvalue weighted by molar-refractivity contribution is 6.01. The van der Waals surface area contributed by atoms with Crippen LogP contribution >= 0.6 is 0 Å². The molecule has 140 valence electrons. The first kappa shape index (κ1) is 20.8. The van der Waals surface area contributed by atoms with Crippen LogP contribution in [0.2, 0.25) is 0 Å². The van der Waals surface area contributed by atoms with Gasteiger partial charge in [-0.3, -0.25) is 14.4 Å². The maximum Gasteiger partial charge on any atom is 0.335 e. The number of hydroxylamine groups is 2. The van der Waals surface area contributed by atoms with Crippen LogP contribution < -0.4 is 0 Å².